The van der Waals surface area contributed by atoms with E-state index in [-0.39, 0.29) is 0 Å². The Kier molecular flexibility index (Phi) is 9.03. The van der Waals surface area contributed by atoms with Gasteiger partial charge in [-0.2, -0.15) is 4.39 Å². The third-order valence-corrected chi connectivity index (χ3v) is 4.41. The van der Waals surface area contributed by atoms with Crippen LogP contribution in [0.4, 0.5) is 4.39 Å². The molecule has 0 bridgehead atoms. The Morgan fingerprint density at radius 3 is 2.24 bits per heavy atom. The lowest BCUT2D eigenvalue weighted by Gasteiger charge is -2.08. The largest absolute Gasteiger partial charge is 0.494 e. The number of nitrogens with zero attached hydrogens (tertiary/aromatic N) is 1. The molecular weight excluding hydrogens is 313 g/mol. The van der Waals surface area contributed by atoms with Crippen LogP contribution in [0.2, 0.25) is 0 Å². The fourth-order valence-electron chi connectivity index (χ4n) is 2.95. The lowest BCUT2D eigenvalue weighted by atomic mass is 10.1. The minimum Gasteiger partial charge on any atom is -0.494 e. The van der Waals surface area contributed by atoms with Gasteiger partial charge in [0.25, 0.3) is 0 Å². The molecule has 0 radical (unpaired) electrons. The van der Waals surface area contributed by atoms with Crippen LogP contribution in [0, 0.1) is 5.95 Å². The van der Waals surface area contributed by atoms with Gasteiger partial charge >= 0.3 is 0 Å². The van der Waals surface area contributed by atoms with Gasteiger partial charge in [0.05, 0.1) is 6.61 Å². The Morgan fingerprint density at radius 2 is 1.52 bits per heavy atom. The third kappa shape index (κ3) is 7.68. The van der Waals surface area contributed by atoms with Gasteiger partial charge < -0.3 is 4.74 Å². The average molecular weight is 343 g/mol. The minimum absolute atomic E-state index is 0.460. The molecular formula is C22H30FNO. The molecule has 0 amide bonds. The summed E-state index contributed by atoms with van der Waals surface area (Å²) >= 11 is 0. The third-order valence-electron chi connectivity index (χ3n) is 4.41. The second-order valence-corrected chi connectivity index (χ2v) is 6.57. The van der Waals surface area contributed by atoms with Crippen molar-refractivity contribution in [1.82, 2.24) is 4.98 Å². The molecule has 0 unspecified atom stereocenters. The summed E-state index contributed by atoms with van der Waals surface area (Å²) in [6, 6.07) is 11.1. The van der Waals surface area contributed by atoms with Crippen molar-refractivity contribution in [2.45, 2.75) is 64.7 Å². The standard InChI is InChI=1S/C22H30FNO/c1-2-3-4-5-6-7-8-9-10-16-25-21-13-11-12-19(17-21)20-14-15-24-22(23)18-20/h11-15,17-18H,2-10,16H2,1H3. The molecule has 0 saturated heterocycles. The van der Waals surface area contributed by atoms with E-state index in [0.717, 1.165) is 29.9 Å². The van der Waals surface area contributed by atoms with Crippen LogP contribution in [0.3, 0.4) is 0 Å². The van der Waals surface area contributed by atoms with Crippen LogP contribution in [0.25, 0.3) is 11.1 Å². The number of unbranched alkanes of at least 4 members (excludes halogenated alkanes) is 8. The highest BCUT2D eigenvalue weighted by Crippen LogP contribution is 2.24. The Bertz CT molecular complexity index is 614. The summed E-state index contributed by atoms with van der Waals surface area (Å²) in [4.78, 5) is 3.60. The molecule has 0 aliphatic heterocycles. The second kappa shape index (κ2) is 11.6. The van der Waals surface area contributed by atoms with E-state index in [1.54, 1.807) is 0 Å². The van der Waals surface area contributed by atoms with Crippen molar-refractivity contribution >= 4 is 0 Å². The predicted molar refractivity (Wildman–Crippen MR) is 102 cm³/mol. The number of benzene rings is 1. The zero-order valence-electron chi connectivity index (χ0n) is 15.3. The molecule has 2 rings (SSSR count). The predicted octanol–water partition coefficient (Wildman–Crippen LogP) is 6.80. The summed E-state index contributed by atoms with van der Waals surface area (Å²) in [5.74, 6) is 0.382. The van der Waals surface area contributed by atoms with Crippen molar-refractivity contribution in [2.75, 3.05) is 6.61 Å². The Labute approximate surface area is 151 Å². The van der Waals surface area contributed by atoms with E-state index in [0.29, 0.717) is 0 Å². The van der Waals surface area contributed by atoms with Gasteiger partial charge in [-0.1, -0.05) is 70.4 Å². The van der Waals surface area contributed by atoms with Gasteiger partial charge in [0.15, 0.2) is 0 Å². The van der Waals surface area contributed by atoms with Crippen molar-refractivity contribution < 1.29 is 9.13 Å². The van der Waals surface area contributed by atoms with Gasteiger partial charge in [0.1, 0.15) is 5.75 Å². The van der Waals surface area contributed by atoms with E-state index in [2.05, 4.69) is 11.9 Å². The van der Waals surface area contributed by atoms with Crippen LogP contribution < -0.4 is 4.74 Å². The first-order chi connectivity index (χ1) is 12.3. The topological polar surface area (TPSA) is 22.1 Å². The summed E-state index contributed by atoms with van der Waals surface area (Å²) < 4.78 is 19.1. The first kappa shape index (κ1) is 19.4. The highest BCUT2D eigenvalue weighted by atomic mass is 19.1. The highest BCUT2D eigenvalue weighted by molar-refractivity contribution is 5.64. The molecule has 25 heavy (non-hydrogen) atoms. The summed E-state index contributed by atoms with van der Waals surface area (Å²) in [5, 5.41) is 0. The Morgan fingerprint density at radius 1 is 0.840 bits per heavy atom. The van der Waals surface area contributed by atoms with Gasteiger partial charge in [-0.05, 0) is 35.7 Å². The minimum atomic E-state index is -0.460. The maximum absolute atomic E-state index is 13.2. The molecule has 0 aliphatic carbocycles. The van der Waals surface area contributed by atoms with E-state index in [4.69, 9.17) is 4.74 Å². The van der Waals surface area contributed by atoms with Crippen LogP contribution >= 0.6 is 0 Å². The molecule has 0 aliphatic rings. The monoisotopic (exact) mass is 343 g/mol. The summed E-state index contributed by atoms with van der Waals surface area (Å²) in [6.07, 6.45) is 13.3. The normalized spacial score (nSPS) is 10.8. The molecule has 2 aromatic rings. The second-order valence-electron chi connectivity index (χ2n) is 6.57. The quantitative estimate of drug-likeness (QED) is 0.312. The zero-order valence-corrected chi connectivity index (χ0v) is 15.3. The van der Waals surface area contributed by atoms with E-state index in [1.165, 1.54) is 63.6 Å². The molecule has 1 aromatic carbocycles. The van der Waals surface area contributed by atoms with E-state index < -0.39 is 5.95 Å². The number of rotatable bonds is 12. The molecule has 0 spiro atoms. The first-order valence-corrected chi connectivity index (χ1v) is 9.64. The van der Waals surface area contributed by atoms with Crippen LogP contribution in [0.5, 0.6) is 5.75 Å². The number of aromatic nitrogens is 1. The molecule has 1 aromatic heterocycles. The average Bonchev–Trinajstić information content (AvgIpc) is 2.63. The smallest absolute Gasteiger partial charge is 0.213 e. The lowest BCUT2D eigenvalue weighted by Crippen LogP contribution is -1.97. The van der Waals surface area contributed by atoms with Crippen molar-refractivity contribution in [1.29, 1.82) is 0 Å². The number of halogens is 1. The first-order valence-electron chi connectivity index (χ1n) is 9.64. The highest BCUT2D eigenvalue weighted by Gasteiger charge is 2.02. The molecule has 1 heterocycles. The fourth-order valence-corrected chi connectivity index (χ4v) is 2.95. The van der Waals surface area contributed by atoms with Crippen LogP contribution in [0.1, 0.15) is 64.7 Å². The molecule has 2 nitrogen and oxygen atoms in total. The summed E-state index contributed by atoms with van der Waals surface area (Å²) in [7, 11) is 0. The maximum Gasteiger partial charge on any atom is 0.213 e. The van der Waals surface area contributed by atoms with E-state index >= 15 is 0 Å². The summed E-state index contributed by atoms with van der Waals surface area (Å²) in [5.41, 5.74) is 1.77. The van der Waals surface area contributed by atoms with Crippen LogP contribution in [-0.2, 0) is 0 Å². The number of hydrogen-bond donors (Lipinski definition) is 0. The van der Waals surface area contributed by atoms with Gasteiger partial charge in [-0.3, -0.25) is 0 Å². The summed E-state index contributed by atoms with van der Waals surface area (Å²) in [6.45, 7) is 3.00. The maximum atomic E-state index is 13.2. The van der Waals surface area contributed by atoms with Gasteiger partial charge in [0.2, 0.25) is 5.95 Å². The van der Waals surface area contributed by atoms with Gasteiger partial charge in [-0.25, -0.2) is 4.98 Å². The van der Waals surface area contributed by atoms with Gasteiger partial charge in [-0.15, -0.1) is 0 Å². The molecule has 3 heteroatoms. The fraction of sp³-hybridized carbons (Fsp3) is 0.500. The molecule has 0 fully saturated rings. The molecule has 0 N–H and O–H groups in total. The van der Waals surface area contributed by atoms with Crippen molar-refractivity contribution in [3.05, 3.63) is 48.5 Å². The van der Waals surface area contributed by atoms with Crippen molar-refractivity contribution in [2.24, 2.45) is 0 Å². The lowest BCUT2D eigenvalue weighted by molar-refractivity contribution is 0.304. The molecule has 0 atom stereocenters. The van der Waals surface area contributed by atoms with Crippen molar-refractivity contribution in [3.8, 4) is 16.9 Å². The van der Waals surface area contributed by atoms with Crippen LogP contribution in [-0.4, -0.2) is 11.6 Å². The molecule has 136 valence electrons. The van der Waals surface area contributed by atoms with Crippen LogP contribution in [0.15, 0.2) is 42.6 Å². The van der Waals surface area contributed by atoms with Gasteiger partial charge in [0, 0.05) is 12.3 Å². The number of ether oxygens (including phenoxy) is 1. The zero-order chi connectivity index (χ0) is 17.7. The molecule has 0 saturated carbocycles. The SMILES string of the molecule is CCCCCCCCCCCOc1cccc(-c2ccnc(F)c2)c1. The Balaban J connectivity index is 1.64. The van der Waals surface area contributed by atoms with Crippen molar-refractivity contribution in [3.63, 3.8) is 0 Å². The van der Waals surface area contributed by atoms with E-state index in [1.807, 2.05) is 30.3 Å². The Hall–Kier alpha value is -1.90. The number of hydrogen-bond acceptors (Lipinski definition) is 2. The van der Waals surface area contributed by atoms with E-state index in [9.17, 15) is 4.39 Å². The number of pyridine rings is 1.